The van der Waals surface area contributed by atoms with E-state index >= 15 is 0 Å². The fraction of sp³-hybridized carbons (Fsp3) is 0.433. The van der Waals surface area contributed by atoms with Crippen LogP contribution < -0.4 is 4.74 Å². The number of hydrogen-bond acceptors (Lipinski definition) is 6. The van der Waals surface area contributed by atoms with E-state index in [1.807, 2.05) is 22.7 Å². The Hall–Kier alpha value is -4.88. The summed E-state index contributed by atoms with van der Waals surface area (Å²) < 4.78 is 17.9. The first-order valence-electron chi connectivity index (χ1n) is 28.3. The molecular formula is C67H80N2OS3. The van der Waals surface area contributed by atoms with Crippen LogP contribution >= 0.6 is 34.4 Å². The van der Waals surface area contributed by atoms with Crippen LogP contribution in [0.3, 0.4) is 0 Å². The third-order valence-corrected chi connectivity index (χ3v) is 20.4. The molecule has 0 amide bonds. The minimum absolute atomic E-state index is 0.0594. The lowest BCUT2D eigenvalue weighted by Gasteiger charge is -2.42. The van der Waals surface area contributed by atoms with Gasteiger partial charge < -0.3 is 4.74 Å². The molecule has 0 bridgehead atoms. The number of ether oxygens (including phenoxy) is 1. The van der Waals surface area contributed by atoms with Crippen molar-refractivity contribution in [3.63, 3.8) is 0 Å². The fourth-order valence-electron chi connectivity index (χ4n) is 11.5. The van der Waals surface area contributed by atoms with Crippen LogP contribution in [0.2, 0.25) is 0 Å². The second-order valence-electron chi connectivity index (χ2n) is 21.6. The van der Waals surface area contributed by atoms with Gasteiger partial charge >= 0.3 is 0 Å². The second-order valence-corrected chi connectivity index (χ2v) is 24.2. The Morgan fingerprint density at radius 1 is 0.479 bits per heavy atom. The highest BCUT2D eigenvalue weighted by Gasteiger charge is 2.45. The zero-order chi connectivity index (χ0) is 51.0. The Morgan fingerprint density at radius 2 is 0.986 bits per heavy atom. The first-order valence-corrected chi connectivity index (χ1v) is 30.6. The predicted octanol–water partition coefficient (Wildman–Crippen LogP) is 21.1. The monoisotopic (exact) mass is 1020 g/mol. The Balaban J connectivity index is 1.16. The van der Waals surface area contributed by atoms with Gasteiger partial charge in [-0.15, -0.1) is 22.7 Å². The first-order chi connectivity index (χ1) is 35.6. The molecule has 1 aliphatic heterocycles. The number of fused-ring (bicyclic) bond motifs is 4. The van der Waals surface area contributed by atoms with Gasteiger partial charge in [-0.25, -0.2) is 0 Å². The molecule has 4 heterocycles. The number of nitrogens with zero attached hydrogens (tertiary/aromatic N) is 2. The van der Waals surface area contributed by atoms with Crippen LogP contribution in [0, 0.1) is 0 Å². The molecule has 0 spiro atoms. The summed E-state index contributed by atoms with van der Waals surface area (Å²) in [6, 6.07) is 46.0. The lowest BCUT2D eigenvalue weighted by Crippen LogP contribution is -2.39. The maximum atomic E-state index is 7.70. The molecule has 3 aromatic heterocycles. The van der Waals surface area contributed by atoms with E-state index in [0.29, 0.717) is 0 Å². The highest BCUT2D eigenvalue weighted by Crippen LogP contribution is 2.55. The maximum absolute atomic E-state index is 7.70. The maximum Gasteiger partial charge on any atom is 0.185 e. The van der Waals surface area contributed by atoms with Crippen molar-refractivity contribution in [3.8, 4) is 48.2 Å². The van der Waals surface area contributed by atoms with E-state index in [-0.39, 0.29) is 10.8 Å². The van der Waals surface area contributed by atoms with Crippen LogP contribution in [0.4, 0.5) is 0 Å². The van der Waals surface area contributed by atoms with Gasteiger partial charge in [-0.1, -0.05) is 217 Å². The van der Waals surface area contributed by atoms with Crippen molar-refractivity contribution in [1.82, 2.24) is 8.75 Å². The van der Waals surface area contributed by atoms with E-state index < -0.39 is 5.60 Å². The molecule has 5 aromatic carbocycles. The molecule has 8 aromatic rings. The van der Waals surface area contributed by atoms with Crippen LogP contribution in [0.1, 0.15) is 196 Å². The van der Waals surface area contributed by atoms with E-state index in [4.69, 9.17) is 13.5 Å². The van der Waals surface area contributed by atoms with Gasteiger partial charge in [-0.2, -0.15) is 8.75 Å². The van der Waals surface area contributed by atoms with Gasteiger partial charge in [0, 0.05) is 58.3 Å². The third kappa shape index (κ3) is 10.7. The summed E-state index contributed by atoms with van der Waals surface area (Å²) in [4.78, 5) is 5.51. The molecule has 0 radical (unpaired) electrons. The average molecular weight is 1030 g/mol. The lowest BCUT2D eigenvalue weighted by molar-refractivity contribution is 0.151. The molecule has 73 heavy (non-hydrogen) atoms. The standard InChI is InChI=1S/C67H80N2OS3/c1-9-15-17-19-21-25-31-47-44-59(55-41-42-56(62-61(55)68-73-69-62)60-45-49(32-26-22-20-18-16-10-2)64(72-60)66(8,13-5)14-6)71-63(47)48-37-39-53-54-40-38-52(65(7,11-3)12-4)46-58(54)70-67(57(53)43-48,50-33-27-23-28-34-50)51-35-29-24-30-36-51/h23-24,27-30,33-46H,9-22,25-26,31-32H2,1-8H3. The van der Waals surface area contributed by atoms with E-state index in [9.17, 15) is 0 Å². The van der Waals surface area contributed by atoms with Crippen LogP contribution in [0.25, 0.3) is 53.5 Å². The number of hydrogen-bond donors (Lipinski definition) is 0. The molecule has 0 unspecified atom stereocenters. The normalized spacial score (nSPS) is 13.3. The molecule has 0 fully saturated rings. The van der Waals surface area contributed by atoms with Crippen molar-refractivity contribution in [2.75, 3.05) is 0 Å². The van der Waals surface area contributed by atoms with Gasteiger partial charge in [0.1, 0.15) is 16.8 Å². The van der Waals surface area contributed by atoms with Crippen LogP contribution in [0.15, 0.2) is 121 Å². The molecule has 0 N–H and O–H groups in total. The molecule has 0 aliphatic carbocycles. The summed E-state index contributed by atoms with van der Waals surface area (Å²) in [6.07, 6.45) is 22.1. The average Bonchev–Trinajstić information content (AvgIpc) is 4.22. The van der Waals surface area contributed by atoms with Gasteiger partial charge in [0.05, 0.1) is 11.7 Å². The van der Waals surface area contributed by atoms with Crippen LogP contribution in [0.5, 0.6) is 5.75 Å². The number of thiophene rings is 2. The first kappa shape index (κ1) is 53.0. The largest absolute Gasteiger partial charge is 0.472 e. The molecule has 382 valence electrons. The van der Waals surface area contributed by atoms with Gasteiger partial charge in [-0.05, 0) is 109 Å². The molecule has 3 nitrogen and oxygen atoms in total. The van der Waals surface area contributed by atoms with Gasteiger partial charge in [0.15, 0.2) is 5.60 Å². The number of benzene rings is 5. The minimum atomic E-state index is -0.871. The third-order valence-electron chi connectivity index (χ3n) is 17.1. The fourth-order valence-corrected chi connectivity index (χ4v) is 14.8. The molecule has 9 rings (SSSR count). The van der Waals surface area contributed by atoms with Crippen molar-refractivity contribution < 1.29 is 4.74 Å². The molecule has 0 atom stereocenters. The number of rotatable bonds is 25. The topological polar surface area (TPSA) is 35.0 Å². The number of aryl methyl sites for hydroxylation is 2. The van der Waals surface area contributed by atoms with Gasteiger partial charge in [-0.3, -0.25) is 0 Å². The lowest BCUT2D eigenvalue weighted by atomic mass is 9.73. The highest BCUT2D eigenvalue weighted by molar-refractivity contribution is 7.19. The SMILES string of the molecule is CCCCCCCCc1cc(-c2ccc(-c3cc(CCCCCCCC)c(C(C)(CC)CC)s3)c3nsnc23)sc1-c1ccc2c(c1)C(c1ccccc1)(c1ccccc1)Oc1cc(C(C)(CC)CC)ccc1-2. The predicted molar refractivity (Wildman–Crippen MR) is 318 cm³/mol. The van der Waals surface area contributed by atoms with Gasteiger partial charge in [0.2, 0.25) is 0 Å². The quantitative estimate of drug-likeness (QED) is 0.0535. The van der Waals surface area contributed by atoms with E-state index in [2.05, 4.69) is 177 Å². The zero-order valence-corrected chi connectivity index (χ0v) is 47.8. The molecule has 6 heteroatoms. The van der Waals surface area contributed by atoms with Crippen molar-refractivity contribution in [2.45, 2.75) is 187 Å². The van der Waals surface area contributed by atoms with Crippen molar-refractivity contribution >= 4 is 45.4 Å². The van der Waals surface area contributed by atoms with Crippen LogP contribution in [-0.2, 0) is 29.3 Å². The summed E-state index contributed by atoms with van der Waals surface area (Å²) in [6.45, 7) is 18.8. The summed E-state index contributed by atoms with van der Waals surface area (Å²) in [5.41, 5.74) is 15.2. The number of unbranched alkanes of at least 4 members (excludes halogenated alkanes) is 10. The molecule has 0 saturated carbocycles. The number of aromatic nitrogens is 2. The summed E-state index contributed by atoms with van der Waals surface area (Å²) in [5.74, 6) is 0.947. The summed E-state index contributed by atoms with van der Waals surface area (Å²) in [7, 11) is 0. The van der Waals surface area contributed by atoms with Crippen molar-refractivity contribution in [1.29, 1.82) is 0 Å². The highest BCUT2D eigenvalue weighted by atomic mass is 32.1. The molecule has 1 aliphatic rings. The second kappa shape index (κ2) is 23.8. The molecule has 0 saturated heterocycles. The van der Waals surface area contributed by atoms with E-state index in [1.165, 1.54) is 142 Å². The van der Waals surface area contributed by atoms with E-state index in [0.717, 1.165) is 72.0 Å². The minimum Gasteiger partial charge on any atom is -0.472 e. The summed E-state index contributed by atoms with van der Waals surface area (Å²) in [5, 5.41) is 0. The van der Waals surface area contributed by atoms with Gasteiger partial charge in [0.25, 0.3) is 0 Å². The zero-order valence-electron chi connectivity index (χ0n) is 45.3. The smallest absolute Gasteiger partial charge is 0.185 e. The summed E-state index contributed by atoms with van der Waals surface area (Å²) >= 11 is 5.30. The Kier molecular flexibility index (Phi) is 17.2. The Labute approximate surface area is 451 Å². The molecular weight excluding hydrogens is 945 g/mol. The Bertz CT molecular complexity index is 3020. The van der Waals surface area contributed by atoms with E-state index in [1.54, 1.807) is 10.4 Å². The Morgan fingerprint density at radius 3 is 1.56 bits per heavy atom. The van der Waals surface area contributed by atoms with Crippen molar-refractivity contribution in [2.24, 2.45) is 0 Å². The van der Waals surface area contributed by atoms with Crippen molar-refractivity contribution in [3.05, 3.63) is 160 Å². The van der Waals surface area contributed by atoms with Crippen LogP contribution in [-0.4, -0.2) is 8.75 Å².